The minimum Gasteiger partial charge on any atom is -0.493 e. The highest BCUT2D eigenvalue weighted by atomic mass is 16.7. The number of amides is 1. The molecule has 3 heterocycles. The van der Waals surface area contributed by atoms with E-state index < -0.39 is 6.04 Å². The first kappa shape index (κ1) is 32.6. The Labute approximate surface area is 287 Å². The van der Waals surface area contributed by atoms with Gasteiger partial charge in [-0.3, -0.25) is 14.5 Å². The van der Waals surface area contributed by atoms with Gasteiger partial charge in [0.2, 0.25) is 18.4 Å². The topological polar surface area (TPSA) is 102 Å². The molecule has 1 saturated heterocycles. The molecule has 1 aliphatic carbocycles. The average Bonchev–Trinajstić information content (AvgIpc) is 3.51. The second-order valence-electron chi connectivity index (χ2n) is 13.8. The summed E-state index contributed by atoms with van der Waals surface area (Å²) in [5, 5.41) is 3.64. The van der Waals surface area contributed by atoms with Gasteiger partial charge in [0.1, 0.15) is 0 Å². The number of ether oxygens (including phenoxy) is 5. The number of methoxy groups -OCH3 is 3. The highest BCUT2D eigenvalue weighted by Crippen LogP contribution is 2.52. The van der Waals surface area contributed by atoms with Crippen molar-refractivity contribution in [3.63, 3.8) is 0 Å². The number of rotatable bonds is 8. The van der Waals surface area contributed by atoms with Crippen LogP contribution >= 0.6 is 0 Å². The van der Waals surface area contributed by atoms with E-state index in [4.69, 9.17) is 23.7 Å². The number of ketones is 1. The van der Waals surface area contributed by atoms with Gasteiger partial charge in [-0.15, -0.1) is 0 Å². The van der Waals surface area contributed by atoms with E-state index >= 15 is 0 Å². The number of allylic oxidation sites excluding steroid dienone is 1. The molecular formula is C38H44N4O7. The fraction of sp³-hybridized carbons (Fsp3) is 0.421. The van der Waals surface area contributed by atoms with Gasteiger partial charge in [-0.2, -0.15) is 0 Å². The van der Waals surface area contributed by atoms with Crippen LogP contribution in [0.3, 0.4) is 0 Å². The van der Waals surface area contributed by atoms with Gasteiger partial charge in [-0.05, 0) is 53.8 Å². The van der Waals surface area contributed by atoms with Crippen molar-refractivity contribution in [3.05, 3.63) is 77.0 Å². The lowest BCUT2D eigenvalue weighted by atomic mass is 9.73. The van der Waals surface area contributed by atoms with Crippen molar-refractivity contribution in [2.75, 3.05) is 71.1 Å². The van der Waals surface area contributed by atoms with Crippen LogP contribution in [0, 0.1) is 5.41 Å². The molecule has 11 heteroatoms. The van der Waals surface area contributed by atoms with Gasteiger partial charge in [-0.1, -0.05) is 32.0 Å². The first-order chi connectivity index (χ1) is 23.7. The first-order valence-electron chi connectivity index (χ1n) is 16.8. The number of benzene rings is 3. The molecule has 7 rings (SSSR count). The molecule has 1 N–H and O–H groups in total. The summed E-state index contributed by atoms with van der Waals surface area (Å²) in [6, 6.07) is 17.1. The van der Waals surface area contributed by atoms with Crippen LogP contribution in [0.2, 0.25) is 0 Å². The Hall–Kier alpha value is -4.90. The van der Waals surface area contributed by atoms with E-state index in [1.807, 2.05) is 53.4 Å². The molecule has 1 unspecified atom stereocenters. The van der Waals surface area contributed by atoms with Crippen molar-refractivity contribution >= 4 is 23.1 Å². The van der Waals surface area contributed by atoms with Crippen LogP contribution in [0.25, 0.3) is 0 Å². The number of anilines is 2. The number of para-hydroxylation sites is 2. The van der Waals surface area contributed by atoms with Gasteiger partial charge in [-0.25, -0.2) is 0 Å². The lowest BCUT2D eigenvalue weighted by molar-refractivity contribution is -0.131. The van der Waals surface area contributed by atoms with Gasteiger partial charge in [0.05, 0.1) is 45.3 Å². The van der Waals surface area contributed by atoms with Gasteiger partial charge in [0, 0.05) is 56.0 Å². The average molecular weight is 669 g/mol. The second kappa shape index (κ2) is 13.2. The summed E-state index contributed by atoms with van der Waals surface area (Å²) in [5.74, 6) is 3.00. The Morgan fingerprint density at radius 1 is 0.898 bits per heavy atom. The van der Waals surface area contributed by atoms with Crippen molar-refractivity contribution in [1.29, 1.82) is 0 Å². The fourth-order valence-corrected chi connectivity index (χ4v) is 7.59. The summed E-state index contributed by atoms with van der Waals surface area (Å²) in [6.45, 7) is 8.00. The number of hydrogen-bond acceptors (Lipinski definition) is 10. The molecular weight excluding hydrogens is 624 g/mol. The van der Waals surface area contributed by atoms with E-state index in [0.29, 0.717) is 48.8 Å². The summed E-state index contributed by atoms with van der Waals surface area (Å²) >= 11 is 0. The SMILES string of the molecule is COc1ccc(C2C3=C(CC(C)(C)CC3=O)Nc3ccccc3N2CC(=O)N2CCN(Cc3ccc4c(c3)OCO4)CC2)c(OC)c1OC. The van der Waals surface area contributed by atoms with Gasteiger partial charge in [0.15, 0.2) is 28.8 Å². The fourth-order valence-electron chi connectivity index (χ4n) is 7.59. The van der Waals surface area contributed by atoms with E-state index in [1.54, 1.807) is 21.3 Å². The molecule has 4 aliphatic rings. The number of carbonyl (C=O) groups is 2. The summed E-state index contributed by atoms with van der Waals surface area (Å²) < 4.78 is 28.4. The number of hydrogen-bond donors (Lipinski definition) is 1. The lowest BCUT2D eigenvalue weighted by Gasteiger charge is -2.40. The van der Waals surface area contributed by atoms with Crippen LogP contribution in [0.1, 0.15) is 43.9 Å². The van der Waals surface area contributed by atoms with Gasteiger partial charge in [0.25, 0.3) is 0 Å². The van der Waals surface area contributed by atoms with Crippen LogP contribution in [-0.4, -0.2) is 82.3 Å². The van der Waals surface area contributed by atoms with Crippen molar-refractivity contribution in [2.45, 2.75) is 39.3 Å². The zero-order valence-electron chi connectivity index (χ0n) is 28.8. The highest BCUT2D eigenvalue weighted by Gasteiger charge is 2.44. The predicted molar refractivity (Wildman–Crippen MR) is 186 cm³/mol. The minimum absolute atomic E-state index is 0.00499. The van der Waals surface area contributed by atoms with E-state index in [1.165, 1.54) is 0 Å². The molecule has 11 nitrogen and oxygen atoms in total. The first-order valence-corrected chi connectivity index (χ1v) is 16.8. The normalized spacial score (nSPS) is 19.9. The Kier molecular flexibility index (Phi) is 8.79. The van der Waals surface area contributed by atoms with Crippen LogP contribution in [-0.2, 0) is 16.1 Å². The van der Waals surface area contributed by atoms with Crippen LogP contribution in [0.4, 0.5) is 11.4 Å². The van der Waals surface area contributed by atoms with Crippen molar-refractivity contribution < 1.29 is 33.3 Å². The molecule has 1 fully saturated rings. The zero-order valence-corrected chi connectivity index (χ0v) is 28.8. The van der Waals surface area contributed by atoms with E-state index in [0.717, 1.165) is 59.3 Å². The van der Waals surface area contributed by atoms with Crippen LogP contribution < -0.4 is 33.9 Å². The van der Waals surface area contributed by atoms with Crippen molar-refractivity contribution in [3.8, 4) is 28.7 Å². The lowest BCUT2D eigenvalue weighted by Crippen LogP contribution is -2.51. The van der Waals surface area contributed by atoms with E-state index in [2.05, 4.69) is 35.0 Å². The standard InChI is InChI=1S/C38H44N4O7/c1-38(2)19-27-34(29(43)20-38)35(25-11-13-31(45-3)37(47-5)36(25)46-4)42(28-9-7-6-8-26(28)39-27)22-33(44)41-16-14-40(15-17-41)21-24-10-12-30-32(18-24)49-23-48-30/h6-13,18,35,39H,14-17,19-23H2,1-5H3. The number of fused-ring (bicyclic) bond motifs is 2. The number of nitrogens with one attached hydrogen (secondary N) is 1. The highest BCUT2D eigenvalue weighted by molar-refractivity contribution is 6.02. The Bertz CT molecular complexity index is 1800. The zero-order chi connectivity index (χ0) is 34.3. The monoisotopic (exact) mass is 668 g/mol. The maximum Gasteiger partial charge on any atom is 0.242 e. The van der Waals surface area contributed by atoms with E-state index in [9.17, 15) is 9.59 Å². The molecule has 3 aliphatic heterocycles. The third kappa shape index (κ3) is 6.23. The third-order valence-electron chi connectivity index (χ3n) is 9.91. The maximum absolute atomic E-state index is 14.3. The summed E-state index contributed by atoms with van der Waals surface area (Å²) in [5.41, 5.74) is 4.83. The molecule has 0 radical (unpaired) electrons. The molecule has 0 aromatic heterocycles. The Morgan fingerprint density at radius 3 is 2.41 bits per heavy atom. The molecule has 0 spiro atoms. The Morgan fingerprint density at radius 2 is 1.65 bits per heavy atom. The second-order valence-corrected chi connectivity index (χ2v) is 13.8. The molecule has 1 amide bonds. The van der Waals surface area contributed by atoms with Gasteiger partial charge >= 0.3 is 0 Å². The summed E-state index contributed by atoms with van der Waals surface area (Å²) in [7, 11) is 4.74. The maximum atomic E-state index is 14.3. The van der Waals surface area contributed by atoms with Crippen molar-refractivity contribution in [1.82, 2.24) is 9.80 Å². The van der Waals surface area contributed by atoms with Gasteiger partial charge < -0.3 is 38.8 Å². The summed E-state index contributed by atoms with van der Waals surface area (Å²) in [6.07, 6.45) is 1.07. The van der Waals surface area contributed by atoms with E-state index in [-0.39, 0.29) is 30.4 Å². The molecule has 0 bridgehead atoms. The summed E-state index contributed by atoms with van der Waals surface area (Å²) in [4.78, 5) is 34.9. The van der Waals surface area contributed by atoms with Crippen LogP contribution in [0.5, 0.6) is 28.7 Å². The number of piperazine rings is 1. The molecule has 1 atom stereocenters. The molecule has 258 valence electrons. The number of Topliss-reactive ketones (excluding diaryl/α,β-unsaturated/α-hetero) is 1. The largest absolute Gasteiger partial charge is 0.493 e. The van der Waals surface area contributed by atoms with Crippen molar-refractivity contribution in [2.24, 2.45) is 5.41 Å². The smallest absolute Gasteiger partial charge is 0.242 e. The number of nitrogens with zero attached hydrogens (tertiary/aromatic N) is 3. The molecule has 3 aromatic rings. The number of carbonyl (C=O) groups excluding carboxylic acids is 2. The predicted octanol–water partition coefficient (Wildman–Crippen LogP) is 5.40. The Balaban J connectivity index is 1.22. The quantitative estimate of drug-likeness (QED) is 0.336. The van der Waals surface area contributed by atoms with Crippen LogP contribution in [0.15, 0.2) is 65.9 Å². The molecule has 0 saturated carbocycles. The molecule has 49 heavy (non-hydrogen) atoms. The molecule has 3 aromatic carbocycles. The minimum atomic E-state index is -0.624. The third-order valence-corrected chi connectivity index (χ3v) is 9.91.